The normalized spacial score (nSPS) is 16.9. The van der Waals surface area contributed by atoms with Crippen molar-refractivity contribution in [1.29, 1.82) is 0 Å². The number of nitrogens with one attached hydrogen (secondary N) is 1. The van der Waals surface area contributed by atoms with Crippen LogP contribution in [0.4, 0.5) is 5.69 Å². The second kappa shape index (κ2) is 7.02. The number of nitrogens with zero attached hydrogens (tertiary/aromatic N) is 1. The quantitative estimate of drug-likeness (QED) is 0.432. The first-order valence-corrected chi connectivity index (χ1v) is 7.21. The molecule has 1 aromatic rings. The number of aryl methyl sites for hydroxylation is 1. The summed E-state index contributed by atoms with van der Waals surface area (Å²) in [5, 5.41) is 3.38. The van der Waals surface area contributed by atoms with Crippen LogP contribution >= 0.6 is 12.6 Å². The number of nitrogens with two attached hydrogens (primary N) is 1. The largest absolute Gasteiger partial charge is 0.398 e. The summed E-state index contributed by atoms with van der Waals surface area (Å²) in [6.07, 6.45) is 3.63. The molecule has 1 aliphatic heterocycles. The first-order valence-electron chi connectivity index (χ1n) is 6.76. The van der Waals surface area contributed by atoms with E-state index in [9.17, 15) is 0 Å². The van der Waals surface area contributed by atoms with Gasteiger partial charge in [-0.15, -0.1) is 12.6 Å². The van der Waals surface area contributed by atoms with Crippen LogP contribution in [-0.2, 0) is 6.42 Å². The molecule has 0 aromatic heterocycles. The minimum Gasteiger partial charge on any atom is -0.398 e. The summed E-state index contributed by atoms with van der Waals surface area (Å²) in [6, 6.07) is 6.15. The molecule has 0 saturated carbocycles. The van der Waals surface area contributed by atoms with Gasteiger partial charge in [0.2, 0.25) is 0 Å². The first kappa shape index (κ1) is 13.7. The van der Waals surface area contributed by atoms with Crippen molar-refractivity contribution in [3.8, 4) is 0 Å². The zero-order valence-corrected chi connectivity index (χ0v) is 11.8. The molecular formula is C14H23N3S. The maximum absolute atomic E-state index is 5.75. The van der Waals surface area contributed by atoms with Crippen molar-refractivity contribution in [3.63, 3.8) is 0 Å². The predicted molar refractivity (Wildman–Crippen MR) is 80.4 cm³/mol. The van der Waals surface area contributed by atoms with Gasteiger partial charge < -0.3 is 16.0 Å². The van der Waals surface area contributed by atoms with Gasteiger partial charge in [0.25, 0.3) is 0 Å². The van der Waals surface area contributed by atoms with Crippen LogP contribution in [0.15, 0.2) is 23.1 Å². The molecule has 18 heavy (non-hydrogen) atoms. The van der Waals surface area contributed by atoms with Gasteiger partial charge in [-0.1, -0.05) is 6.07 Å². The Bertz CT molecular complexity index is 375. The van der Waals surface area contributed by atoms with E-state index in [0.29, 0.717) is 0 Å². The number of unbranched alkanes of at least 4 members (excludes halogenated alkanes) is 1. The van der Waals surface area contributed by atoms with Crippen LogP contribution in [0, 0.1) is 0 Å². The maximum Gasteiger partial charge on any atom is 0.0449 e. The fourth-order valence-corrected chi connectivity index (χ4v) is 2.58. The summed E-state index contributed by atoms with van der Waals surface area (Å²) in [6.45, 7) is 5.90. The second-order valence-electron chi connectivity index (χ2n) is 4.94. The molecule has 1 heterocycles. The molecule has 3 N–H and O–H groups in total. The third kappa shape index (κ3) is 4.19. The van der Waals surface area contributed by atoms with Crippen LogP contribution in [0.3, 0.4) is 0 Å². The Labute approximate surface area is 115 Å². The molecule has 100 valence electrons. The number of piperazine rings is 1. The van der Waals surface area contributed by atoms with Crippen molar-refractivity contribution in [2.45, 2.75) is 24.2 Å². The Balaban J connectivity index is 1.66. The van der Waals surface area contributed by atoms with Crippen LogP contribution in [0.1, 0.15) is 18.4 Å². The van der Waals surface area contributed by atoms with Crippen LogP contribution in [0.2, 0.25) is 0 Å². The van der Waals surface area contributed by atoms with Gasteiger partial charge in [-0.2, -0.15) is 0 Å². The predicted octanol–water partition coefficient (Wildman–Crippen LogP) is 1.79. The molecule has 1 fully saturated rings. The van der Waals surface area contributed by atoms with Gasteiger partial charge in [-0.05, 0) is 43.5 Å². The van der Waals surface area contributed by atoms with Crippen molar-refractivity contribution < 1.29 is 0 Å². The molecule has 1 aromatic carbocycles. The Morgan fingerprint density at radius 2 is 2.00 bits per heavy atom. The van der Waals surface area contributed by atoms with Crippen molar-refractivity contribution >= 4 is 18.3 Å². The summed E-state index contributed by atoms with van der Waals surface area (Å²) in [5.74, 6) is 0. The maximum atomic E-state index is 5.75. The molecule has 0 atom stereocenters. The van der Waals surface area contributed by atoms with E-state index < -0.39 is 0 Å². The van der Waals surface area contributed by atoms with Gasteiger partial charge in [0.15, 0.2) is 0 Å². The number of anilines is 1. The third-order valence-electron chi connectivity index (χ3n) is 3.49. The number of thiol groups is 1. The van der Waals surface area contributed by atoms with E-state index in [1.54, 1.807) is 0 Å². The summed E-state index contributed by atoms with van der Waals surface area (Å²) < 4.78 is 0. The van der Waals surface area contributed by atoms with E-state index >= 15 is 0 Å². The number of rotatable bonds is 5. The van der Waals surface area contributed by atoms with Gasteiger partial charge in [-0.3, -0.25) is 0 Å². The molecule has 0 bridgehead atoms. The minimum atomic E-state index is 0.767. The van der Waals surface area contributed by atoms with Gasteiger partial charge >= 0.3 is 0 Å². The lowest BCUT2D eigenvalue weighted by Crippen LogP contribution is -2.43. The number of hydrogen-bond acceptors (Lipinski definition) is 4. The van der Waals surface area contributed by atoms with E-state index in [4.69, 9.17) is 5.73 Å². The number of hydrogen-bond donors (Lipinski definition) is 3. The molecule has 2 rings (SSSR count). The van der Waals surface area contributed by atoms with Crippen molar-refractivity contribution in [3.05, 3.63) is 23.8 Å². The molecule has 0 unspecified atom stereocenters. The summed E-state index contributed by atoms with van der Waals surface area (Å²) >= 11 is 4.36. The van der Waals surface area contributed by atoms with Crippen LogP contribution in [0.25, 0.3) is 0 Å². The van der Waals surface area contributed by atoms with Gasteiger partial charge in [0.1, 0.15) is 0 Å². The van der Waals surface area contributed by atoms with Crippen molar-refractivity contribution in [2.24, 2.45) is 0 Å². The molecule has 4 heteroatoms. The van der Waals surface area contributed by atoms with Crippen LogP contribution < -0.4 is 11.1 Å². The average Bonchev–Trinajstić information content (AvgIpc) is 2.40. The summed E-state index contributed by atoms with van der Waals surface area (Å²) in [5.41, 5.74) is 7.86. The molecule has 1 aliphatic rings. The van der Waals surface area contributed by atoms with Crippen molar-refractivity contribution in [2.75, 3.05) is 38.5 Å². The highest BCUT2D eigenvalue weighted by Gasteiger charge is 2.08. The minimum absolute atomic E-state index is 0.767. The summed E-state index contributed by atoms with van der Waals surface area (Å²) in [7, 11) is 0. The van der Waals surface area contributed by atoms with Crippen molar-refractivity contribution in [1.82, 2.24) is 10.2 Å². The SMILES string of the molecule is Nc1ccc(CCCCN2CCNCC2)cc1S. The Hall–Kier alpha value is -0.710. The highest BCUT2D eigenvalue weighted by Crippen LogP contribution is 2.19. The Morgan fingerprint density at radius 3 is 2.72 bits per heavy atom. The average molecular weight is 265 g/mol. The lowest BCUT2D eigenvalue weighted by atomic mass is 10.1. The highest BCUT2D eigenvalue weighted by molar-refractivity contribution is 7.80. The third-order valence-corrected chi connectivity index (χ3v) is 3.88. The zero-order chi connectivity index (χ0) is 12.8. The van der Waals surface area contributed by atoms with Gasteiger partial charge in [0, 0.05) is 36.8 Å². The van der Waals surface area contributed by atoms with Gasteiger partial charge in [0.05, 0.1) is 0 Å². The lowest BCUT2D eigenvalue weighted by Gasteiger charge is -2.27. The topological polar surface area (TPSA) is 41.3 Å². The number of benzene rings is 1. The van der Waals surface area contributed by atoms with E-state index in [0.717, 1.165) is 30.1 Å². The van der Waals surface area contributed by atoms with Crippen LogP contribution in [-0.4, -0.2) is 37.6 Å². The Kier molecular flexibility index (Phi) is 5.35. The molecule has 1 saturated heterocycles. The molecule has 0 amide bonds. The molecule has 0 aliphatic carbocycles. The monoisotopic (exact) mass is 265 g/mol. The fourth-order valence-electron chi connectivity index (χ4n) is 2.34. The lowest BCUT2D eigenvalue weighted by molar-refractivity contribution is 0.237. The number of nitrogen functional groups attached to an aromatic ring is 1. The molecular weight excluding hydrogens is 242 g/mol. The molecule has 0 radical (unpaired) electrons. The molecule has 0 spiro atoms. The summed E-state index contributed by atoms with van der Waals surface area (Å²) in [4.78, 5) is 3.44. The smallest absolute Gasteiger partial charge is 0.0449 e. The first-order chi connectivity index (χ1) is 8.75. The van der Waals surface area contributed by atoms with E-state index in [1.165, 1.54) is 38.0 Å². The van der Waals surface area contributed by atoms with E-state index in [-0.39, 0.29) is 0 Å². The van der Waals surface area contributed by atoms with E-state index in [1.807, 2.05) is 6.07 Å². The molecule has 3 nitrogen and oxygen atoms in total. The highest BCUT2D eigenvalue weighted by atomic mass is 32.1. The Morgan fingerprint density at radius 1 is 1.22 bits per heavy atom. The second-order valence-corrected chi connectivity index (χ2v) is 5.42. The fraction of sp³-hybridized carbons (Fsp3) is 0.571. The van der Waals surface area contributed by atoms with Gasteiger partial charge in [-0.25, -0.2) is 0 Å². The zero-order valence-electron chi connectivity index (χ0n) is 10.9. The van der Waals surface area contributed by atoms with Crippen LogP contribution in [0.5, 0.6) is 0 Å². The standard InChI is InChI=1S/C14H23N3S/c15-13-5-4-12(11-14(13)18)3-1-2-8-17-9-6-16-7-10-17/h4-5,11,16,18H,1-3,6-10,15H2. The van der Waals surface area contributed by atoms with E-state index in [2.05, 4.69) is 35.0 Å².